The second-order valence-corrected chi connectivity index (χ2v) is 6.29. The summed E-state index contributed by atoms with van der Waals surface area (Å²) in [4.78, 5) is 12.7. The van der Waals surface area contributed by atoms with Gasteiger partial charge in [0.2, 0.25) is 0 Å². The molecule has 5 heteroatoms. The summed E-state index contributed by atoms with van der Waals surface area (Å²) in [5.41, 5.74) is 15.4. The second kappa shape index (κ2) is 4.54. The van der Waals surface area contributed by atoms with Crippen molar-refractivity contribution >= 4 is 17.3 Å². The number of ether oxygens (including phenoxy) is 1. The third kappa shape index (κ3) is 1.59. The van der Waals surface area contributed by atoms with E-state index in [4.69, 9.17) is 16.2 Å². The van der Waals surface area contributed by atoms with Crippen LogP contribution in [0, 0.1) is 0 Å². The summed E-state index contributed by atoms with van der Waals surface area (Å²) in [7, 11) is 0. The number of nitrogen functional groups attached to an aromatic ring is 2. The maximum absolute atomic E-state index is 12.7. The molecule has 122 valence electrons. The average Bonchev–Trinajstić information content (AvgIpc) is 2.92. The van der Waals surface area contributed by atoms with Crippen molar-refractivity contribution in [2.45, 2.75) is 5.54 Å². The first-order chi connectivity index (χ1) is 12.1. The van der Waals surface area contributed by atoms with Crippen LogP contribution in [0.2, 0.25) is 0 Å². The van der Waals surface area contributed by atoms with Crippen LogP contribution >= 0.6 is 0 Å². The van der Waals surface area contributed by atoms with E-state index in [1.54, 1.807) is 12.1 Å². The zero-order valence-electron chi connectivity index (χ0n) is 13.2. The van der Waals surface area contributed by atoms with Crippen molar-refractivity contribution in [3.63, 3.8) is 0 Å². The summed E-state index contributed by atoms with van der Waals surface area (Å²) in [5, 5.41) is 3.16. The molecule has 3 aromatic carbocycles. The molecule has 3 aromatic rings. The minimum atomic E-state index is -0.905. The number of carbonyl (C=O) groups excluding carboxylic acids is 1. The van der Waals surface area contributed by atoms with Gasteiger partial charge in [-0.15, -0.1) is 0 Å². The molecule has 0 radical (unpaired) electrons. The number of amides is 1. The van der Waals surface area contributed by atoms with E-state index in [-0.39, 0.29) is 5.91 Å². The van der Waals surface area contributed by atoms with Crippen molar-refractivity contribution in [3.8, 4) is 11.5 Å². The van der Waals surface area contributed by atoms with Gasteiger partial charge in [0, 0.05) is 11.1 Å². The maximum Gasteiger partial charge on any atom is 0.252 e. The molecule has 2 heterocycles. The Morgan fingerprint density at radius 2 is 1.56 bits per heavy atom. The highest BCUT2D eigenvalue weighted by Crippen LogP contribution is 2.55. The Labute approximate surface area is 144 Å². The Morgan fingerprint density at radius 1 is 0.840 bits per heavy atom. The highest BCUT2D eigenvalue weighted by atomic mass is 16.5. The Kier molecular flexibility index (Phi) is 2.53. The number of nitrogens with two attached hydrogens (primary N) is 2. The first-order valence-electron chi connectivity index (χ1n) is 8.01. The predicted octanol–water partition coefficient (Wildman–Crippen LogP) is 2.99. The van der Waals surface area contributed by atoms with Crippen molar-refractivity contribution in [1.82, 2.24) is 5.32 Å². The average molecular weight is 329 g/mol. The lowest BCUT2D eigenvalue weighted by Crippen LogP contribution is -2.44. The Hall–Kier alpha value is -3.47. The van der Waals surface area contributed by atoms with Gasteiger partial charge < -0.3 is 21.5 Å². The molecule has 0 saturated carbocycles. The van der Waals surface area contributed by atoms with Crippen molar-refractivity contribution in [2.24, 2.45) is 0 Å². The molecule has 0 aromatic heterocycles. The summed E-state index contributed by atoms with van der Waals surface area (Å²) < 4.78 is 6.06. The summed E-state index contributed by atoms with van der Waals surface area (Å²) in [6, 6.07) is 18.7. The van der Waals surface area contributed by atoms with Crippen LogP contribution in [0.3, 0.4) is 0 Å². The minimum absolute atomic E-state index is 0.139. The fourth-order valence-electron chi connectivity index (χ4n) is 3.93. The van der Waals surface area contributed by atoms with Gasteiger partial charge in [-0.25, -0.2) is 0 Å². The minimum Gasteiger partial charge on any atom is -0.456 e. The number of hydrogen-bond donors (Lipinski definition) is 3. The molecule has 1 spiro atoms. The van der Waals surface area contributed by atoms with Crippen molar-refractivity contribution in [1.29, 1.82) is 0 Å². The maximum atomic E-state index is 12.7. The van der Waals surface area contributed by atoms with E-state index >= 15 is 0 Å². The molecule has 2 aliphatic heterocycles. The molecule has 5 nitrogen and oxygen atoms in total. The van der Waals surface area contributed by atoms with E-state index in [1.807, 2.05) is 48.5 Å². The highest BCUT2D eigenvalue weighted by molar-refractivity contribution is 6.03. The van der Waals surface area contributed by atoms with Gasteiger partial charge in [-0.2, -0.15) is 0 Å². The van der Waals surface area contributed by atoms with Crippen LogP contribution in [0.5, 0.6) is 11.5 Å². The molecule has 5 rings (SSSR count). The molecule has 2 aliphatic rings. The summed E-state index contributed by atoms with van der Waals surface area (Å²) in [5.74, 6) is 1.15. The van der Waals surface area contributed by atoms with E-state index < -0.39 is 5.54 Å². The smallest absolute Gasteiger partial charge is 0.252 e. The van der Waals surface area contributed by atoms with Crippen LogP contribution in [0.15, 0.2) is 60.7 Å². The standard InChI is InChI=1S/C20H15N3O2/c21-14-9-10-16-17(18(14)22)20(13-7-3-4-8-15(13)25-16)12-6-2-1-5-11(12)19(24)23-20/h1-10H,21-22H2,(H,23,24). The SMILES string of the molecule is Nc1ccc2c(c1N)C1(NC(=O)c3ccccc31)c1ccccc1O2. The molecule has 0 fully saturated rings. The number of anilines is 2. The van der Waals surface area contributed by atoms with Gasteiger partial charge in [-0.1, -0.05) is 36.4 Å². The van der Waals surface area contributed by atoms with E-state index in [1.165, 1.54) is 0 Å². The van der Waals surface area contributed by atoms with Crippen LogP contribution in [0.1, 0.15) is 27.0 Å². The lowest BCUT2D eigenvalue weighted by atomic mass is 9.75. The third-order valence-corrected chi connectivity index (χ3v) is 5.00. The van der Waals surface area contributed by atoms with Gasteiger partial charge >= 0.3 is 0 Å². The van der Waals surface area contributed by atoms with E-state index in [0.717, 1.165) is 11.1 Å². The van der Waals surface area contributed by atoms with Gasteiger partial charge in [-0.3, -0.25) is 4.79 Å². The summed E-state index contributed by atoms with van der Waals surface area (Å²) in [6.45, 7) is 0. The first-order valence-corrected chi connectivity index (χ1v) is 8.01. The van der Waals surface area contributed by atoms with Crippen molar-refractivity contribution < 1.29 is 9.53 Å². The number of hydrogen-bond acceptors (Lipinski definition) is 4. The zero-order chi connectivity index (χ0) is 17.2. The van der Waals surface area contributed by atoms with Gasteiger partial charge in [0.15, 0.2) is 0 Å². The molecular weight excluding hydrogens is 314 g/mol. The third-order valence-electron chi connectivity index (χ3n) is 5.00. The fourth-order valence-corrected chi connectivity index (χ4v) is 3.93. The Balaban J connectivity index is 1.96. The second-order valence-electron chi connectivity index (χ2n) is 6.29. The molecule has 0 aliphatic carbocycles. The van der Waals surface area contributed by atoms with Crippen molar-refractivity contribution in [3.05, 3.63) is 82.9 Å². The zero-order valence-corrected chi connectivity index (χ0v) is 13.2. The normalized spacial score (nSPS) is 19.6. The van der Waals surface area contributed by atoms with Crippen LogP contribution in [-0.4, -0.2) is 5.91 Å². The quantitative estimate of drug-likeness (QED) is 0.553. The van der Waals surface area contributed by atoms with Crippen LogP contribution in [0.25, 0.3) is 0 Å². The summed E-state index contributed by atoms with van der Waals surface area (Å²) in [6.07, 6.45) is 0. The van der Waals surface area contributed by atoms with E-state index in [9.17, 15) is 4.79 Å². The molecule has 1 unspecified atom stereocenters. The molecule has 1 amide bonds. The topological polar surface area (TPSA) is 90.4 Å². The largest absolute Gasteiger partial charge is 0.456 e. The van der Waals surface area contributed by atoms with E-state index in [2.05, 4.69) is 5.32 Å². The van der Waals surface area contributed by atoms with Gasteiger partial charge in [0.25, 0.3) is 5.91 Å². The molecule has 25 heavy (non-hydrogen) atoms. The Morgan fingerprint density at radius 3 is 2.40 bits per heavy atom. The van der Waals surface area contributed by atoms with E-state index in [0.29, 0.717) is 34.0 Å². The molecule has 0 saturated heterocycles. The summed E-state index contributed by atoms with van der Waals surface area (Å²) >= 11 is 0. The van der Waals surface area contributed by atoms with Crippen LogP contribution < -0.4 is 21.5 Å². The lowest BCUT2D eigenvalue weighted by Gasteiger charge is -2.39. The van der Waals surface area contributed by atoms with Gasteiger partial charge in [-0.05, 0) is 29.8 Å². The van der Waals surface area contributed by atoms with Gasteiger partial charge in [0.1, 0.15) is 17.0 Å². The number of nitrogens with one attached hydrogen (secondary N) is 1. The molecule has 0 bridgehead atoms. The van der Waals surface area contributed by atoms with Crippen molar-refractivity contribution in [2.75, 3.05) is 11.5 Å². The fraction of sp³-hybridized carbons (Fsp3) is 0.0500. The molecular formula is C20H15N3O2. The Bertz CT molecular complexity index is 1060. The molecule has 5 N–H and O–H groups in total. The number of fused-ring (bicyclic) bond motifs is 6. The highest BCUT2D eigenvalue weighted by Gasteiger charge is 2.52. The van der Waals surface area contributed by atoms with Crippen LogP contribution in [-0.2, 0) is 5.54 Å². The number of benzene rings is 3. The number of carbonyl (C=O) groups is 1. The first kappa shape index (κ1) is 13.9. The number of rotatable bonds is 0. The number of para-hydroxylation sites is 1. The van der Waals surface area contributed by atoms with Crippen LogP contribution in [0.4, 0.5) is 11.4 Å². The monoisotopic (exact) mass is 329 g/mol. The predicted molar refractivity (Wildman–Crippen MR) is 95.6 cm³/mol. The van der Waals surface area contributed by atoms with Gasteiger partial charge in [0.05, 0.1) is 16.9 Å². The molecule has 1 atom stereocenters. The lowest BCUT2D eigenvalue weighted by molar-refractivity contribution is 0.0947.